The van der Waals surface area contributed by atoms with Gasteiger partial charge in [0.15, 0.2) is 17.3 Å². The number of morpholine rings is 1. The van der Waals surface area contributed by atoms with Crippen molar-refractivity contribution >= 4 is 28.9 Å². The SMILES string of the molecule is CCc1nc(C(N)=O)c(Nc2ccc3c(c2)OC[C@@H]2COCCN32)nc1NC1CCOCC1. The molecule has 2 saturated heterocycles. The molecular weight excluding hydrogens is 424 g/mol. The van der Waals surface area contributed by atoms with E-state index in [2.05, 4.69) is 20.5 Å². The molecule has 1 aromatic carbocycles. The van der Waals surface area contributed by atoms with Gasteiger partial charge in [-0.1, -0.05) is 6.92 Å². The molecule has 33 heavy (non-hydrogen) atoms. The highest BCUT2D eigenvalue weighted by molar-refractivity contribution is 5.96. The first-order chi connectivity index (χ1) is 16.1. The highest BCUT2D eigenvalue weighted by Gasteiger charge is 2.30. The van der Waals surface area contributed by atoms with Gasteiger partial charge in [-0.3, -0.25) is 4.79 Å². The first kappa shape index (κ1) is 21.7. The predicted molar refractivity (Wildman–Crippen MR) is 125 cm³/mol. The third-order valence-electron chi connectivity index (χ3n) is 6.29. The first-order valence-corrected chi connectivity index (χ1v) is 11.6. The van der Waals surface area contributed by atoms with Crippen molar-refractivity contribution in [2.45, 2.75) is 38.3 Å². The monoisotopic (exact) mass is 454 g/mol. The van der Waals surface area contributed by atoms with Crippen molar-refractivity contribution in [1.29, 1.82) is 0 Å². The highest BCUT2D eigenvalue weighted by atomic mass is 16.5. The minimum atomic E-state index is -0.623. The van der Waals surface area contributed by atoms with E-state index in [1.807, 2.05) is 25.1 Å². The second kappa shape index (κ2) is 9.40. The Bertz CT molecular complexity index is 1030. The van der Waals surface area contributed by atoms with Crippen LogP contribution < -0.4 is 26.0 Å². The van der Waals surface area contributed by atoms with Crippen molar-refractivity contribution in [2.24, 2.45) is 5.73 Å². The van der Waals surface area contributed by atoms with Gasteiger partial charge in [0.2, 0.25) is 0 Å². The van der Waals surface area contributed by atoms with Gasteiger partial charge in [-0.15, -0.1) is 0 Å². The number of primary amides is 1. The maximum absolute atomic E-state index is 12.2. The smallest absolute Gasteiger partial charge is 0.271 e. The second-order valence-corrected chi connectivity index (χ2v) is 8.51. The number of fused-ring (bicyclic) bond motifs is 3. The molecule has 3 aliphatic rings. The van der Waals surface area contributed by atoms with Crippen molar-refractivity contribution in [3.63, 3.8) is 0 Å². The predicted octanol–water partition coefficient (Wildman–Crippen LogP) is 2.07. The third-order valence-corrected chi connectivity index (χ3v) is 6.29. The van der Waals surface area contributed by atoms with Gasteiger partial charge in [-0.05, 0) is 31.4 Å². The number of ether oxygens (including phenoxy) is 3. The zero-order chi connectivity index (χ0) is 22.8. The van der Waals surface area contributed by atoms with Crippen molar-refractivity contribution in [2.75, 3.05) is 55.1 Å². The summed E-state index contributed by atoms with van der Waals surface area (Å²) >= 11 is 0. The summed E-state index contributed by atoms with van der Waals surface area (Å²) < 4.78 is 17.0. The topological polar surface area (TPSA) is 124 Å². The molecule has 0 spiro atoms. The van der Waals surface area contributed by atoms with Crippen molar-refractivity contribution in [1.82, 2.24) is 9.97 Å². The Kier molecular flexibility index (Phi) is 6.19. The number of hydrogen-bond donors (Lipinski definition) is 3. The van der Waals surface area contributed by atoms with Crippen LogP contribution in [0, 0.1) is 0 Å². The lowest BCUT2D eigenvalue weighted by Gasteiger charge is -2.41. The van der Waals surface area contributed by atoms with Crippen LogP contribution >= 0.6 is 0 Å². The molecule has 4 heterocycles. The van der Waals surface area contributed by atoms with Gasteiger partial charge in [0.1, 0.15) is 12.4 Å². The number of rotatable bonds is 6. The number of nitrogens with one attached hydrogen (secondary N) is 2. The Morgan fingerprint density at radius 3 is 2.79 bits per heavy atom. The molecule has 5 rings (SSSR count). The largest absolute Gasteiger partial charge is 0.489 e. The molecule has 0 unspecified atom stereocenters. The standard InChI is InChI=1S/C23H30N6O4/c1-2-17-22(25-14-5-8-31-9-6-14)28-23(20(27-17)21(24)30)26-15-3-4-18-19(11-15)33-13-16-12-32-10-7-29(16)18/h3-4,11,14,16H,2,5-10,12-13H2,1H3,(H2,24,30)(H2,25,26,28)/t16-/m0/s1. The first-order valence-electron chi connectivity index (χ1n) is 11.6. The lowest BCUT2D eigenvalue weighted by Crippen LogP contribution is -2.51. The molecule has 0 bridgehead atoms. The van der Waals surface area contributed by atoms with Gasteiger partial charge in [0.05, 0.1) is 30.6 Å². The summed E-state index contributed by atoms with van der Waals surface area (Å²) in [6.45, 7) is 6.21. The molecule has 176 valence electrons. The van der Waals surface area contributed by atoms with Crippen LogP contribution in [0.15, 0.2) is 18.2 Å². The lowest BCUT2D eigenvalue weighted by molar-refractivity contribution is 0.0705. The van der Waals surface area contributed by atoms with E-state index >= 15 is 0 Å². The normalized spacial score (nSPS) is 20.4. The molecule has 2 fully saturated rings. The highest BCUT2D eigenvalue weighted by Crippen LogP contribution is 2.38. The van der Waals surface area contributed by atoms with Gasteiger partial charge in [-0.2, -0.15) is 0 Å². The molecular formula is C23H30N6O4. The van der Waals surface area contributed by atoms with Crippen molar-refractivity contribution < 1.29 is 19.0 Å². The number of aryl methyl sites for hydroxylation is 1. The van der Waals surface area contributed by atoms with Crippen LogP contribution in [0.1, 0.15) is 35.9 Å². The average molecular weight is 455 g/mol. The molecule has 0 aliphatic carbocycles. The van der Waals surface area contributed by atoms with Crippen LogP contribution in [-0.4, -0.2) is 67.5 Å². The number of carbonyl (C=O) groups is 1. The maximum atomic E-state index is 12.2. The quantitative estimate of drug-likeness (QED) is 0.602. The Labute approximate surface area is 192 Å². The number of nitrogens with zero attached hydrogens (tertiary/aromatic N) is 3. The number of benzene rings is 1. The number of aromatic nitrogens is 2. The fourth-order valence-electron chi connectivity index (χ4n) is 4.50. The summed E-state index contributed by atoms with van der Waals surface area (Å²) in [5, 5.41) is 6.73. The molecule has 10 nitrogen and oxygen atoms in total. The molecule has 0 saturated carbocycles. The van der Waals surface area contributed by atoms with Crippen LogP contribution in [0.25, 0.3) is 0 Å². The van der Waals surface area contributed by atoms with E-state index in [4.69, 9.17) is 24.9 Å². The summed E-state index contributed by atoms with van der Waals surface area (Å²) in [6, 6.07) is 6.38. The number of nitrogens with two attached hydrogens (primary N) is 1. The number of amides is 1. The molecule has 1 aromatic heterocycles. The second-order valence-electron chi connectivity index (χ2n) is 8.51. The Balaban J connectivity index is 1.43. The molecule has 1 amide bonds. The van der Waals surface area contributed by atoms with Crippen molar-refractivity contribution in [3.05, 3.63) is 29.6 Å². The van der Waals surface area contributed by atoms with E-state index in [9.17, 15) is 4.79 Å². The zero-order valence-corrected chi connectivity index (χ0v) is 18.8. The summed E-state index contributed by atoms with van der Waals surface area (Å²) in [7, 11) is 0. The van der Waals surface area contributed by atoms with Gasteiger partial charge < -0.3 is 35.5 Å². The van der Waals surface area contributed by atoms with Gasteiger partial charge in [-0.25, -0.2) is 9.97 Å². The summed E-state index contributed by atoms with van der Waals surface area (Å²) in [5.41, 5.74) is 8.28. The molecule has 10 heteroatoms. The van der Waals surface area contributed by atoms with E-state index in [0.717, 1.165) is 49.7 Å². The van der Waals surface area contributed by atoms with Crippen molar-refractivity contribution in [3.8, 4) is 5.75 Å². The summed E-state index contributed by atoms with van der Waals surface area (Å²) in [5.74, 6) is 1.16. The molecule has 4 N–H and O–H groups in total. The lowest BCUT2D eigenvalue weighted by atomic mass is 10.1. The maximum Gasteiger partial charge on any atom is 0.271 e. The van der Waals surface area contributed by atoms with Gasteiger partial charge >= 0.3 is 0 Å². The Morgan fingerprint density at radius 1 is 1.15 bits per heavy atom. The van der Waals surface area contributed by atoms with E-state index in [0.29, 0.717) is 43.6 Å². The fourth-order valence-corrected chi connectivity index (χ4v) is 4.50. The van der Waals surface area contributed by atoms with E-state index in [1.54, 1.807) is 0 Å². The fraction of sp³-hybridized carbons (Fsp3) is 0.522. The third kappa shape index (κ3) is 4.53. The molecule has 2 aromatic rings. The molecule has 0 radical (unpaired) electrons. The number of carbonyl (C=O) groups excluding carboxylic acids is 1. The minimum Gasteiger partial charge on any atom is -0.489 e. The average Bonchev–Trinajstić information content (AvgIpc) is 2.84. The Morgan fingerprint density at radius 2 is 2.00 bits per heavy atom. The van der Waals surface area contributed by atoms with Crippen LogP contribution in [0.4, 0.5) is 23.0 Å². The zero-order valence-electron chi connectivity index (χ0n) is 18.8. The minimum absolute atomic E-state index is 0.122. The number of hydrogen-bond acceptors (Lipinski definition) is 9. The van der Waals surface area contributed by atoms with Crippen LogP contribution in [0.2, 0.25) is 0 Å². The van der Waals surface area contributed by atoms with Gasteiger partial charge in [0, 0.05) is 37.6 Å². The molecule has 3 aliphatic heterocycles. The van der Waals surface area contributed by atoms with Crippen LogP contribution in [0.5, 0.6) is 5.75 Å². The number of anilines is 4. The van der Waals surface area contributed by atoms with E-state index < -0.39 is 5.91 Å². The van der Waals surface area contributed by atoms with Gasteiger partial charge in [0.25, 0.3) is 5.91 Å². The van der Waals surface area contributed by atoms with Crippen LogP contribution in [0.3, 0.4) is 0 Å². The van der Waals surface area contributed by atoms with E-state index in [-0.39, 0.29) is 17.8 Å². The summed E-state index contributed by atoms with van der Waals surface area (Å²) in [4.78, 5) is 23.8. The van der Waals surface area contributed by atoms with E-state index in [1.165, 1.54) is 0 Å². The summed E-state index contributed by atoms with van der Waals surface area (Å²) in [6.07, 6.45) is 2.43. The Hall–Kier alpha value is -3.11. The van der Waals surface area contributed by atoms with Crippen LogP contribution in [-0.2, 0) is 15.9 Å². The molecule has 1 atom stereocenters.